The van der Waals surface area contributed by atoms with Gasteiger partial charge in [0.1, 0.15) is 11.5 Å². The van der Waals surface area contributed by atoms with Crippen LogP contribution >= 0.6 is 11.8 Å². The molecule has 0 heterocycles. The van der Waals surface area contributed by atoms with Crippen LogP contribution in [0.2, 0.25) is 0 Å². The second-order valence-corrected chi connectivity index (χ2v) is 5.14. The summed E-state index contributed by atoms with van der Waals surface area (Å²) in [5.74, 6) is 1.27. The minimum absolute atomic E-state index is 0.103. The van der Waals surface area contributed by atoms with Gasteiger partial charge in [-0.05, 0) is 37.3 Å². The number of phenolic OH excluding ortho intramolecular Hbond substituents is 2. The number of benzene rings is 1. The Balaban J connectivity index is 2.71. The summed E-state index contributed by atoms with van der Waals surface area (Å²) in [5.41, 5.74) is 0.905. The summed E-state index contributed by atoms with van der Waals surface area (Å²) in [6.07, 6.45) is 3.16. The average molecular weight is 255 g/mol. The Morgan fingerprint density at radius 2 is 1.82 bits per heavy atom. The summed E-state index contributed by atoms with van der Waals surface area (Å²) in [6, 6.07) is 5.27. The van der Waals surface area contributed by atoms with Gasteiger partial charge in [-0.25, -0.2) is 0 Å². The molecule has 1 aromatic rings. The second-order valence-electron chi connectivity index (χ2n) is 4.23. The first-order valence-corrected chi connectivity index (χ1v) is 7.24. The van der Waals surface area contributed by atoms with Crippen LogP contribution in [0.4, 0.5) is 0 Å². The number of hydrogen-bond donors (Lipinski definition) is 3. The predicted octanol–water partition coefficient (Wildman–Crippen LogP) is 2.89. The summed E-state index contributed by atoms with van der Waals surface area (Å²) in [5, 5.41) is 22.4. The van der Waals surface area contributed by atoms with Crippen molar-refractivity contribution in [1.82, 2.24) is 5.32 Å². The van der Waals surface area contributed by atoms with E-state index in [-0.39, 0.29) is 17.5 Å². The molecule has 1 rings (SSSR count). The fourth-order valence-electron chi connectivity index (χ4n) is 1.80. The molecule has 0 aliphatic carbocycles. The standard InChI is InChI=1S/C13H21NO2S/c1-4-11(8-17-3)14-9(2)10-5-12(15)7-13(16)6-10/h5-7,9,11,14-16H,4,8H2,1-3H3. The lowest BCUT2D eigenvalue weighted by Gasteiger charge is -2.22. The molecule has 0 spiro atoms. The number of aromatic hydroxyl groups is 2. The van der Waals surface area contributed by atoms with Gasteiger partial charge in [-0.3, -0.25) is 0 Å². The molecule has 0 bridgehead atoms. The van der Waals surface area contributed by atoms with Crippen molar-refractivity contribution in [2.45, 2.75) is 32.4 Å². The first-order chi connectivity index (χ1) is 8.06. The predicted molar refractivity (Wildman–Crippen MR) is 73.8 cm³/mol. The lowest BCUT2D eigenvalue weighted by Crippen LogP contribution is -2.32. The number of phenols is 2. The molecule has 3 N–H and O–H groups in total. The van der Waals surface area contributed by atoms with E-state index >= 15 is 0 Å². The highest BCUT2D eigenvalue weighted by molar-refractivity contribution is 7.98. The molecule has 0 saturated heterocycles. The van der Waals surface area contributed by atoms with Crippen LogP contribution in [0.15, 0.2) is 18.2 Å². The maximum absolute atomic E-state index is 9.45. The molecular formula is C13H21NO2S. The van der Waals surface area contributed by atoms with Crippen molar-refractivity contribution in [3.63, 3.8) is 0 Å². The number of thioether (sulfide) groups is 1. The molecule has 0 saturated carbocycles. The van der Waals surface area contributed by atoms with Crippen molar-refractivity contribution in [3.8, 4) is 11.5 Å². The molecule has 96 valence electrons. The number of rotatable bonds is 6. The third-order valence-corrected chi connectivity index (χ3v) is 3.51. The summed E-state index contributed by atoms with van der Waals surface area (Å²) < 4.78 is 0. The number of hydrogen-bond acceptors (Lipinski definition) is 4. The topological polar surface area (TPSA) is 52.5 Å². The molecule has 0 aliphatic rings. The molecule has 4 heteroatoms. The Morgan fingerprint density at radius 1 is 1.24 bits per heavy atom. The van der Waals surface area contributed by atoms with E-state index in [1.54, 1.807) is 12.1 Å². The van der Waals surface area contributed by atoms with E-state index in [2.05, 4.69) is 18.5 Å². The van der Waals surface area contributed by atoms with Crippen LogP contribution in [0, 0.1) is 0 Å². The third kappa shape index (κ3) is 4.48. The first-order valence-electron chi connectivity index (χ1n) is 5.84. The summed E-state index contributed by atoms with van der Waals surface area (Å²) >= 11 is 1.82. The van der Waals surface area contributed by atoms with Crippen LogP contribution < -0.4 is 5.32 Å². The van der Waals surface area contributed by atoms with E-state index in [0.29, 0.717) is 6.04 Å². The third-order valence-electron chi connectivity index (χ3n) is 2.77. The van der Waals surface area contributed by atoms with Gasteiger partial charge < -0.3 is 15.5 Å². The van der Waals surface area contributed by atoms with Crippen LogP contribution in [0.1, 0.15) is 31.9 Å². The zero-order chi connectivity index (χ0) is 12.8. The highest BCUT2D eigenvalue weighted by Crippen LogP contribution is 2.25. The molecule has 0 fully saturated rings. The molecular weight excluding hydrogens is 234 g/mol. The Kier molecular flexibility index (Phi) is 5.65. The van der Waals surface area contributed by atoms with Crippen LogP contribution in [0.25, 0.3) is 0 Å². The van der Waals surface area contributed by atoms with Crippen molar-refractivity contribution in [1.29, 1.82) is 0 Å². The normalized spacial score (nSPS) is 14.5. The molecule has 1 aromatic carbocycles. The average Bonchev–Trinajstić information content (AvgIpc) is 2.27. The Hall–Kier alpha value is -0.870. The highest BCUT2D eigenvalue weighted by Gasteiger charge is 2.12. The zero-order valence-corrected chi connectivity index (χ0v) is 11.4. The van der Waals surface area contributed by atoms with Gasteiger partial charge in [0.25, 0.3) is 0 Å². The summed E-state index contributed by atoms with van der Waals surface area (Å²) in [7, 11) is 0. The lowest BCUT2D eigenvalue weighted by atomic mass is 10.1. The SMILES string of the molecule is CCC(CSC)NC(C)c1cc(O)cc(O)c1. The minimum Gasteiger partial charge on any atom is -0.508 e. The van der Waals surface area contributed by atoms with E-state index in [1.807, 2.05) is 18.7 Å². The first kappa shape index (κ1) is 14.2. The van der Waals surface area contributed by atoms with E-state index < -0.39 is 0 Å². The highest BCUT2D eigenvalue weighted by atomic mass is 32.2. The Morgan fingerprint density at radius 3 is 2.29 bits per heavy atom. The molecule has 17 heavy (non-hydrogen) atoms. The van der Waals surface area contributed by atoms with Gasteiger partial charge in [0.2, 0.25) is 0 Å². The molecule has 0 radical (unpaired) electrons. The quantitative estimate of drug-likeness (QED) is 0.731. The Labute approximate surface area is 107 Å². The van der Waals surface area contributed by atoms with E-state index in [9.17, 15) is 10.2 Å². The fraction of sp³-hybridized carbons (Fsp3) is 0.538. The molecule has 0 aliphatic heterocycles. The largest absolute Gasteiger partial charge is 0.508 e. The van der Waals surface area contributed by atoms with Crippen molar-refractivity contribution in [3.05, 3.63) is 23.8 Å². The fourth-order valence-corrected chi connectivity index (χ4v) is 2.54. The van der Waals surface area contributed by atoms with E-state index in [0.717, 1.165) is 17.7 Å². The van der Waals surface area contributed by atoms with Crippen molar-refractivity contribution in [2.75, 3.05) is 12.0 Å². The molecule has 2 unspecified atom stereocenters. The van der Waals surface area contributed by atoms with Crippen molar-refractivity contribution < 1.29 is 10.2 Å². The molecule has 0 aromatic heterocycles. The van der Waals surface area contributed by atoms with Crippen LogP contribution in [-0.4, -0.2) is 28.3 Å². The van der Waals surface area contributed by atoms with Gasteiger partial charge in [0, 0.05) is 23.9 Å². The maximum Gasteiger partial charge on any atom is 0.119 e. The minimum atomic E-state index is 0.103. The molecule has 2 atom stereocenters. The van der Waals surface area contributed by atoms with Crippen LogP contribution in [-0.2, 0) is 0 Å². The van der Waals surface area contributed by atoms with Gasteiger partial charge in [0.05, 0.1) is 0 Å². The van der Waals surface area contributed by atoms with Gasteiger partial charge in [-0.1, -0.05) is 6.92 Å². The monoisotopic (exact) mass is 255 g/mol. The van der Waals surface area contributed by atoms with Crippen molar-refractivity contribution in [2.24, 2.45) is 0 Å². The van der Waals surface area contributed by atoms with Crippen molar-refractivity contribution >= 4 is 11.8 Å². The van der Waals surface area contributed by atoms with Gasteiger partial charge in [-0.2, -0.15) is 11.8 Å². The summed E-state index contributed by atoms with van der Waals surface area (Å²) in [4.78, 5) is 0. The van der Waals surface area contributed by atoms with Gasteiger partial charge in [-0.15, -0.1) is 0 Å². The summed E-state index contributed by atoms with van der Waals surface area (Å²) in [6.45, 7) is 4.19. The smallest absolute Gasteiger partial charge is 0.119 e. The van der Waals surface area contributed by atoms with E-state index in [1.165, 1.54) is 6.07 Å². The number of nitrogens with one attached hydrogen (secondary N) is 1. The zero-order valence-electron chi connectivity index (χ0n) is 10.6. The van der Waals surface area contributed by atoms with Gasteiger partial charge >= 0.3 is 0 Å². The second kappa shape index (κ2) is 6.77. The Bertz CT molecular complexity index is 337. The van der Waals surface area contributed by atoms with E-state index in [4.69, 9.17) is 0 Å². The maximum atomic E-state index is 9.45. The lowest BCUT2D eigenvalue weighted by molar-refractivity contribution is 0.439. The molecule has 0 amide bonds. The molecule has 3 nitrogen and oxygen atoms in total. The van der Waals surface area contributed by atoms with Gasteiger partial charge in [0.15, 0.2) is 0 Å². The van der Waals surface area contributed by atoms with Crippen LogP contribution in [0.5, 0.6) is 11.5 Å². The van der Waals surface area contributed by atoms with Crippen LogP contribution in [0.3, 0.4) is 0 Å².